The first-order valence-corrected chi connectivity index (χ1v) is 10.8. The number of nitrogens with zero attached hydrogens (tertiary/aromatic N) is 1. The Hall–Kier alpha value is -2.17. The Balaban J connectivity index is 1.34. The van der Waals surface area contributed by atoms with Crippen molar-refractivity contribution in [2.75, 3.05) is 4.90 Å². The number of rotatable bonds is 8. The minimum Gasteiger partial charge on any atom is -0.427 e. The van der Waals surface area contributed by atoms with Crippen LogP contribution in [0, 0.1) is 23.7 Å². The average molecular weight is 383 g/mol. The van der Waals surface area contributed by atoms with E-state index in [0.717, 1.165) is 38.5 Å². The molecule has 0 aromatic heterocycles. The van der Waals surface area contributed by atoms with Gasteiger partial charge in [0.15, 0.2) is 0 Å². The lowest BCUT2D eigenvalue weighted by Crippen LogP contribution is -2.32. The molecule has 2 amide bonds. The van der Waals surface area contributed by atoms with E-state index in [1.807, 2.05) is 0 Å². The third kappa shape index (κ3) is 3.47. The van der Waals surface area contributed by atoms with Gasteiger partial charge >= 0.3 is 5.97 Å². The van der Waals surface area contributed by atoms with Crippen LogP contribution in [0.5, 0.6) is 5.75 Å². The number of imide groups is 1. The topological polar surface area (TPSA) is 63.7 Å². The van der Waals surface area contributed by atoms with Gasteiger partial charge in [0, 0.05) is 6.42 Å². The lowest BCUT2D eigenvalue weighted by atomic mass is 9.81. The number of amides is 2. The van der Waals surface area contributed by atoms with E-state index in [1.165, 1.54) is 17.7 Å². The lowest BCUT2D eigenvalue weighted by molar-refractivity contribution is -0.134. The van der Waals surface area contributed by atoms with Crippen molar-refractivity contribution < 1.29 is 19.1 Å². The van der Waals surface area contributed by atoms with Crippen LogP contribution in [0.3, 0.4) is 0 Å². The van der Waals surface area contributed by atoms with Gasteiger partial charge in [-0.15, -0.1) is 0 Å². The summed E-state index contributed by atoms with van der Waals surface area (Å²) >= 11 is 0. The maximum atomic E-state index is 12.9. The standard InChI is InChI=1S/C23H29NO4/c1-2-3-4-5-6-7-19(25)28-18-12-10-17(11-13-18)24-22(26)20-15-8-9-16(14-15)21(20)23(24)27/h10-13,15-16,20-21H,2-9,14H2,1H3/t15-,16+,20-,21-/m0/s1. The molecule has 0 N–H and O–H groups in total. The molecule has 2 bridgehead atoms. The number of anilines is 1. The number of ether oxygens (including phenoxy) is 1. The number of carbonyl (C=O) groups excluding carboxylic acids is 3. The normalized spacial score (nSPS) is 28.1. The van der Waals surface area contributed by atoms with Crippen molar-refractivity contribution in [1.82, 2.24) is 0 Å². The summed E-state index contributed by atoms with van der Waals surface area (Å²) in [5.41, 5.74) is 0.586. The summed E-state index contributed by atoms with van der Waals surface area (Å²) in [6.45, 7) is 2.16. The van der Waals surface area contributed by atoms with Gasteiger partial charge in [-0.05, 0) is 61.8 Å². The maximum absolute atomic E-state index is 12.9. The fourth-order valence-electron chi connectivity index (χ4n) is 5.38. The maximum Gasteiger partial charge on any atom is 0.311 e. The van der Waals surface area contributed by atoms with Crippen molar-refractivity contribution in [2.24, 2.45) is 23.7 Å². The second-order valence-electron chi connectivity index (χ2n) is 8.53. The second-order valence-corrected chi connectivity index (χ2v) is 8.53. The summed E-state index contributed by atoms with van der Waals surface area (Å²) in [7, 11) is 0. The van der Waals surface area contributed by atoms with Crippen molar-refractivity contribution in [3.63, 3.8) is 0 Å². The lowest BCUT2D eigenvalue weighted by Gasteiger charge is -2.19. The van der Waals surface area contributed by atoms with Crippen molar-refractivity contribution >= 4 is 23.5 Å². The summed E-state index contributed by atoms with van der Waals surface area (Å²) in [5.74, 6) is 0.680. The van der Waals surface area contributed by atoms with Crippen LogP contribution in [0.4, 0.5) is 5.69 Å². The van der Waals surface area contributed by atoms with Gasteiger partial charge in [0.25, 0.3) is 0 Å². The van der Waals surface area contributed by atoms with Crippen LogP contribution in [0.15, 0.2) is 24.3 Å². The molecule has 4 atom stereocenters. The Morgan fingerprint density at radius 2 is 1.57 bits per heavy atom. The van der Waals surface area contributed by atoms with Gasteiger partial charge in [-0.1, -0.05) is 32.6 Å². The highest BCUT2D eigenvalue weighted by Gasteiger charge is 2.61. The summed E-state index contributed by atoms with van der Waals surface area (Å²) < 4.78 is 5.38. The summed E-state index contributed by atoms with van der Waals surface area (Å²) in [4.78, 5) is 39.0. The molecule has 1 aromatic rings. The number of benzene rings is 1. The van der Waals surface area contributed by atoms with Gasteiger partial charge in [0.2, 0.25) is 11.8 Å². The molecule has 2 saturated carbocycles. The molecule has 2 aliphatic carbocycles. The van der Waals surface area contributed by atoms with Crippen LogP contribution in [-0.2, 0) is 14.4 Å². The molecule has 0 spiro atoms. The zero-order chi connectivity index (χ0) is 19.7. The Labute approximate surface area is 166 Å². The molecule has 3 fully saturated rings. The molecule has 1 heterocycles. The third-order valence-corrected chi connectivity index (χ3v) is 6.74. The smallest absolute Gasteiger partial charge is 0.311 e. The molecule has 0 unspecified atom stereocenters. The molecule has 5 heteroatoms. The monoisotopic (exact) mass is 383 g/mol. The molecule has 3 aliphatic rings. The number of unbranched alkanes of at least 4 members (excludes halogenated alkanes) is 4. The predicted octanol–water partition coefficient (Wildman–Crippen LogP) is 4.49. The van der Waals surface area contributed by atoms with E-state index < -0.39 is 0 Å². The van der Waals surface area contributed by atoms with Gasteiger partial charge in [0.05, 0.1) is 17.5 Å². The Morgan fingerprint density at radius 1 is 0.964 bits per heavy atom. The number of esters is 1. The highest BCUT2D eigenvalue weighted by Crippen LogP contribution is 2.56. The van der Waals surface area contributed by atoms with Crippen molar-refractivity contribution in [2.45, 2.75) is 64.7 Å². The molecule has 1 saturated heterocycles. The summed E-state index contributed by atoms with van der Waals surface area (Å²) in [6.07, 6.45) is 9.03. The second kappa shape index (κ2) is 8.06. The molecule has 1 aliphatic heterocycles. The van der Waals surface area contributed by atoms with E-state index in [0.29, 0.717) is 29.7 Å². The van der Waals surface area contributed by atoms with Crippen LogP contribution in [0.2, 0.25) is 0 Å². The molecular formula is C23H29NO4. The minimum atomic E-state index is -0.233. The highest BCUT2D eigenvalue weighted by atomic mass is 16.5. The van der Waals surface area contributed by atoms with Crippen molar-refractivity contribution in [1.29, 1.82) is 0 Å². The number of hydrogen-bond acceptors (Lipinski definition) is 4. The van der Waals surface area contributed by atoms with Crippen LogP contribution in [-0.4, -0.2) is 17.8 Å². The largest absolute Gasteiger partial charge is 0.427 e. The zero-order valence-corrected chi connectivity index (χ0v) is 16.6. The first-order valence-electron chi connectivity index (χ1n) is 10.8. The SMILES string of the molecule is CCCCCCCC(=O)Oc1ccc(N2C(=O)[C@H]3[C@@H]4CC[C@@H](C4)[C@@H]3C2=O)cc1. The first kappa shape index (κ1) is 19.2. The zero-order valence-electron chi connectivity index (χ0n) is 16.6. The van der Waals surface area contributed by atoms with Gasteiger partial charge in [-0.2, -0.15) is 0 Å². The van der Waals surface area contributed by atoms with E-state index in [-0.39, 0.29) is 29.6 Å². The van der Waals surface area contributed by atoms with Crippen LogP contribution >= 0.6 is 0 Å². The van der Waals surface area contributed by atoms with E-state index >= 15 is 0 Å². The highest BCUT2D eigenvalue weighted by molar-refractivity contribution is 6.22. The average Bonchev–Trinajstić information content (AvgIpc) is 3.36. The van der Waals surface area contributed by atoms with Gasteiger partial charge in [-0.25, -0.2) is 0 Å². The number of hydrogen-bond donors (Lipinski definition) is 0. The van der Waals surface area contributed by atoms with Gasteiger partial charge in [0.1, 0.15) is 5.75 Å². The molecule has 1 aromatic carbocycles. The first-order chi connectivity index (χ1) is 13.6. The predicted molar refractivity (Wildman–Crippen MR) is 106 cm³/mol. The summed E-state index contributed by atoms with van der Waals surface area (Å²) in [6, 6.07) is 6.77. The molecule has 150 valence electrons. The van der Waals surface area contributed by atoms with Crippen molar-refractivity contribution in [3.8, 4) is 5.75 Å². The van der Waals surface area contributed by atoms with Crippen LogP contribution in [0.25, 0.3) is 0 Å². The molecule has 4 rings (SSSR count). The van der Waals surface area contributed by atoms with E-state index in [1.54, 1.807) is 24.3 Å². The molecular weight excluding hydrogens is 354 g/mol. The Kier molecular flexibility index (Phi) is 5.51. The minimum absolute atomic E-state index is 0.0426. The van der Waals surface area contributed by atoms with Gasteiger partial charge in [-0.3, -0.25) is 19.3 Å². The fraction of sp³-hybridized carbons (Fsp3) is 0.609. The molecule has 5 nitrogen and oxygen atoms in total. The molecule has 28 heavy (non-hydrogen) atoms. The van der Waals surface area contributed by atoms with Crippen LogP contribution < -0.4 is 9.64 Å². The van der Waals surface area contributed by atoms with Crippen LogP contribution in [0.1, 0.15) is 64.7 Å². The van der Waals surface area contributed by atoms with E-state index in [4.69, 9.17) is 4.74 Å². The fourth-order valence-corrected chi connectivity index (χ4v) is 5.38. The number of carbonyl (C=O) groups is 3. The quantitative estimate of drug-likeness (QED) is 0.287. The van der Waals surface area contributed by atoms with E-state index in [9.17, 15) is 14.4 Å². The summed E-state index contributed by atoms with van der Waals surface area (Å²) in [5, 5.41) is 0. The Morgan fingerprint density at radius 3 is 2.18 bits per heavy atom. The van der Waals surface area contributed by atoms with Crippen molar-refractivity contribution in [3.05, 3.63) is 24.3 Å². The molecule has 0 radical (unpaired) electrons. The Bertz CT molecular complexity index is 728. The number of fused-ring (bicyclic) bond motifs is 5. The van der Waals surface area contributed by atoms with Gasteiger partial charge < -0.3 is 4.74 Å². The van der Waals surface area contributed by atoms with E-state index in [2.05, 4.69) is 6.92 Å². The third-order valence-electron chi connectivity index (χ3n) is 6.74.